The second kappa shape index (κ2) is 24.3. The van der Waals surface area contributed by atoms with Gasteiger partial charge in [0.1, 0.15) is 12.6 Å². The number of ether oxygens (including phenoxy) is 2. The Morgan fingerprint density at radius 2 is 1.38 bits per heavy atom. The highest BCUT2D eigenvalue weighted by atomic mass is 31.2. The molecule has 0 saturated heterocycles. The normalized spacial score (nSPS) is 15.1. The van der Waals surface area contributed by atoms with E-state index in [1.54, 1.807) is 6.92 Å². The van der Waals surface area contributed by atoms with Gasteiger partial charge in [0.05, 0.1) is 13.2 Å². The summed E-state index contributed by atoms with van der Waals surface area (Å²) < 4.78 is 31.7. The van der Waals surface area contributed by atoms with Gasteiger partial charge in [0.15, 0.2) is 6.10 Å². The number of phosphoric ester groups is 1. The van der Waals surface area contributed by atoms with Crippen molar-refractivity contribution in [2.45, 2.75) is 90.2 Å². The zero-order valence-corrected chi connectivity index (χ0v) is 24.5. The first-order chi connectivity index (χ1) is 19.1. The summed E-state index contributed by atoms with van der Waals surface area (Å²) in [7, 11) is -4.69. The van der Waals surface area contributed by atoms with Crippen molar-refractivity contribution in [2.24, 2.45) is 5.73 Å². The average molecular weight is 588 g/mol. The fourth-order valence-corrected chi connectivity index (χ4v) is 3.69. The van der Waals surface area contributed by atoms with E-state index in [4.69, 9.17) is 24.8 Å². The largest absolute Gasteiger partial charge is 0.480 e. The number of carbonyl (C=O) groups is 3. The second-order valence-corrected chi connectivity index (χ2v) is 10.2. The number of carbonyl (C=O) groups excluding carboxylic acids is 2. The molecule has 0 aliphatic heterocycles. The van der Waals surface area contributed by atoms with Crippen molar-refractivity contribution in [3.63, 3.8) is 0 Å². The van der Waals surface area contributed by atoms with E-state index in [9.17, 15) is 23.8 Å². The van der Waals surface area contributed by atoms with Crippen LogP contribution in [0, 0.1) is 0 Å². The highest BCUT2D eigenvalue weighted by molar-refractivity contribution is 7.47. The molecular weight excluding hydrogens is 541 g/mol. The fourth-order valence-electron chi connectivity index (χ4n) is 2.91. The van der Waals surface area contributed by atoms with Crippen molar-refractivity contribution < 1.29 is 47.5 Å². The first-order valence-electron chi connectivity index (χ1n) is 13.7. The Bertz CT molecular complexity index is 884. The lowest BCUT2D eigenvalue weighted by molar-refractivity contribution is -0.161. The molecule has 0 heterocycles. The van der Waals surface area contributed by atoms with E-state index < -0.39 is 51.1 Å². The molecule has 3 unspecified atom stereocenters. The van der Waals surface area contributed by atoms with Crippen LogP contribution in [0.3, 0.4) is 0 Å². The molecule has 0 aromatic rings. The van der Waals surface area contributed by atoms with Crippen molar-refractivity contribution in [1.82, 2.24) is 0 Å². The van der Waals surface area contributed by atoms with E-state index in [0.717, 1.165) is 38.5 Å². The van der Waals surface area contributed by atoms with Crippen molar-refractivity contribution in [1.29, 1.82) is 0 Å². The number of unbranched alkanes of at least 4 members (excludes halogenated alkanes) is 2. The molecule has 0 aliphatic carbocycles. The third-order valence-electron chi connectivity index (χ3n) is 5.06. The van der Waals surface area contributed by atoms with Gasteiger partial charge in [0.2, 0.25) is 0 Å². The third-order valence-corrected chi connectivity index (χ3v) is 6.01. The molecule has 228 valence electrons. The number of hydrogen-bond donors (Lipinski definition) is 3. The number of carboxylic acid groups (broad SMARTS) is 1. The van der Waals surface area contributed by atoms with Gasteiger partial charge in [0.25, 0.3) is 0 Å². The van der Waals surface area contributed by atoms with Crippen molar-refractivity contribution in [3.05, 3.63) is 48.6 Å². The summed E-state index contributed by atoms with van der Waals surface area (Å²) in [5, 5.41) is 8.73. The first-order valence-corrected chi connectivity index (χ1v) is 15.2. The first kappa shape index (κ1) is 37.4. The topological polar surface area (TPSA) is 172 Å². The number of nitrogens with two attached hydrogens (primary N) is 1. The quantitative estimate of drug-likeness (QED) is 0.0590. The summed E-state index contributed by atoms with van der Waals surface area (Å²) in [6.07, 6.45) is 22.5. The van der Waals surface area contributed by atoms with Gasteiger partial charge in [-0.15, -0.1) is 0 Å². The van der Waals surface area contributed by atoms with E-state index in [2.05, 4.69) is 60.1 Å². The zero-order chi connectivity index (χ0) is 30.1. The fraction of sp³-hybridized carbons (Fsp3) is 0.607. The molecule has 0 aliphatic rings. The molecule has 0 bridgehead atoms. The van der Waals surface area contributed by atoms with Crippen LogP contribution in [0.1, 0.15) is 78.1 Å². The Labute approximate surface area is 237 Å². The third kappa shape index (κ3) is 23.3. The minimum absolute atomic E-state index is 0.105. The number of esters is 2. The summed E-state index contributed by atoms with van der Waals surface area (Å²) >= 11 is 0. The van der Waals surface area contributed by atoms with E-state index in [1.807, 2.05) is 0 Å². The molecule has 4 N–H and O–H groups in total. The van der Waals surface area contributed by atoms with Gasteiger partial charge in [-0.05, 0) is 51.4 Å². The molecule has 12 heteroatoms. The lowest BCUT2D eigenvalue weighted by Crippen LogP contribution is -2.34. The Morgan fingerprint density at radius 3 is 1.95 bits per heavy atom. The van der Waals surface area contributed by atoms with Gasteiger partial charge >= 0.3 is 25.7 Å². The van der Waals surface area contributed by atoms with E-state index in [1.165, 1.54) is 0 Å². The molecular formula is C28H46NO10P. The molecule has 0 saturated carbocycles. The van der Waals surface area contributed by atoms with Crippen LogP contribution in [-0.4, -0.2) is 59.9 Å². The van der Waals surface area contributed by atoms with Crippen LogP contribution in [-0.2, 0) is 37.5 Å². The van der Waals surface area contributed by atoms with Crippen molar-refractivity contribution in [2.75, 3.05) is 19.8 Å². The lowest BCUT2D eigenvalue weighted by atomic mass is 10.2. The van der Waals surface area contributed by atoms with Crippen LogP contribution in [0.4, 0.5) is 0 Å². The van der Waals surface area contributed by atoms with E-state index in [0.29, 0.717) is 12.8 Å². The van der Waals surface area contributed by atoms with Crippen molar-refractivity contribution in [3.8, 4) is 0 Å². The van der Waals surface area contributed by atoms with Gasteiger partial charge in [-0.25, -0.2) is 4.57 Å². The molecule has 0 aromatic heterocycles. The zero-order valence-electron chi connectivity index (χ0n) is 23.7. The van der Waals surface area contributed by atoms with Crippen molar-refractivity contribution >= 4 is 25.7 Å². The summed E-state index contributed by atoms with van der Waals surface area (Å²) in [4.78, 5) is 44.4. The van der Waals surface area contributed by atoms with Crippen LogP contribution in [0.15, 0.2) is 48.6 Å². The molecule has 0 fully saturated rings. The maximum Gasteiger partial charge on any atom is 0.472 e. The lowest BCUT2D eigenvalue weighted by Gasteiger charge is -2.20. The van der Waals surface area contributed by atoms with Crippen LogP contribution in [0.5, 0.6) is 0 Å². The predicted octanol–water partition coefficient (Wildman–Crippen LogP) is 5.15. The Morgan fingerprint density at radius 1 is 0.800 bits per heavy atom. The molecule has 40 heavy (non-hydrogen) atoms. The van der Waals surface area contributed by atoms with Gasteiger partial charge in [-0.3, -0.25) is 23.4 Å². The monoisotopic (exact) mass is 587 g/mol. The number of aliphatic carboxylic acids is 1. The predicted molar refractivity (Wildman–Crippen MR) is 152 cm³/mol. The minimum Gasteiger partial charge on any atom is -0.480 e. The molecule has 0 amide bonds. The molecule has 0 spiro atoms. The molecule has 0 aromatic carbocycles. The SMILES string of the molecule is CC/C=C\C/C=C\C/C=C\C/C=C\CCCCC(=O)OC(COC(=O)CCC)COP(=O)(O)OCC(N)C(=O)O. The highest BCUT2D eigenvalue weighted by Gasteiger charge is 2.28. The molecule has 3 atom stereocenters. The summed E-state index contributed by atoms with van der Waals surface area (Å²) in [6.45, 7) is 2.16. The number of hydrogen-bond acceptors (Lipinski definition) is 9. The van der Waals surface area contributed by atoms with Gasteiger partial charge in [-0.1, -0.05) is 62.5 Å². The molecule has 0 rings (SSSR count). The maximum atomic E-state index is 12.3. The van der Waals surface area contributed by atoms with Gasteiger partial charge in [-0.2, -0.15) is 0 Å². The standard InChI is InChI=1S/C28H46NO10P/c1-3-5-6-7-8-9-10-11-12-13-14-15-16-17-18-20-27(31)39-24(21-36-26(30)19-4-2)22-37-40(34,35)38-23-25(29)28(32)33/h5-6,8-9,11-12,14-15,24-25H,3-4,7,10,13,16-23,29H2,1-2H3,(H,32,33)(H,34,35)/b6-5-,9-8-,12-11-,15-14-. The van der Waals surface area contributed by atoms with E-state index >= 15 is 0 Å². The number of phosphoric acid groups is 1. The van der Waals surface area contributed by atoms with Crippen LogP contribution in [0.2, 0.25) is 0 Å². The summed E-state index contributed by atoms with van der Waals surface area (Å²) in [6, 6.07) is -1.52. The minimum atomic E-state index is -4.69. The van der Waals surface area contributed by atoms with Crippen LogP contribution < -0.4 is 5.73 Å². The Balaban J connectivity index is 4.42. The maximum absolute atomic E-state index is 12.3. The Hall–Kier alpha value is -2.56. The average Bonchev–Trinajstić information content (AvgIpc) is 2.91. The van der Waals surface area contributed by atoms with Gasteiger partial charge in [0, 0.05) is 12.8 Å². The summed E-state index contributed by atoms with van der Waals surface area (Å²) in [5.74, 6) is -2.51. The van der Waals surface area contributed by atoms with Crippen LogP contribution in [0.25, 0.3) is 0 Å². The Kier molecular flexibility index (Phi) is 22.7. The smallest absolute Gasteiger partial charge is 0.472 e. The van der Waals surface area contributed by atoms with Crippen LogP contribution >= 0.6 is 7.82 Å². The molecule has 0 radical (unpaired) electrons. The highest BCUT2D eigenvalue weighted by Crippen LogP contribution is 2.43. The number of allylic oxidation sites excluding steroid dienone is 8. The number of rotatable bonds is 24. The second-order valence-electron chi connectivity index (χ2n) is 8.80. The molecule has 11 nitrogen and oxygen atoms in total. The van der Waals surface area contributed by atoms with E-state index in [-0.39, 0.29) is 19.4 Å². The number of carboxylic acids is 1. The van der Waals surface area contributed by atoms with Gasteiger partial charge < -0.3 is 25.2 Å². The summed E-state index contributed by atoms with van der Waals surface area (Å²) in [5.41, 5.74) is 5.23.